The molecule has 0 fully saturated rings. The predicted octanol–water partition coefficient (Wildman–Crippen LogP) is 3.10. The number of nitrogens with two attached hydrogens (primary N) is 1. The highest BCUT2D eigenvalue weighted by molar-refractivity contribution is 5.90. The third kappa shape index (κ3) is 8.15. The molecule has 20 heavy (non-hydrogen) atoms. The minimum absolute atomic E-state index is 0. The number of rotatable bonds is 7. The Labute approximate surface area is 127 Å². The molecule has 0 aliphatic heterocycles. The molecule has 0 saturated heterocycles. The van der Waals surface area contributed by atoms with E-state index >= 15 is 0 Å². The largest absolute Gasteiger partial charge is 0.374 e. The summed E-state index contributed by atoms with van der Waals surface area (Å²) >= 11 is 0. The van der Waals surface area contributed by atoms with Gasteiger partial charge in [-0.05, 0) is 44.9 Å². The number of benzene rings is 1. The molecule has 0 spiro atoms. The van der Waals surface area contributed by atoms with Gasteiger partial charge in [0.15, 0.2) is 0 Å². The maximum atomic E-state index is 11.7. The smallest absolute Gasteiger partial charge is 0.224 e. The molecule has 1 amide bonds. The van der Waals surface area contributed by atoms with Crippen molar-refractivity contribution in [3.63, 3.8) is 0 Å². The van der Waals surface area contributed by atoms with E-state index in [2.05, 4.69) is 5.32 Å². The van der Waals surface area contributed by atoms with Crippen LogP contribution in [0.1, 0.15) is 39.2 Å². The number of hydrogen-bond acceptors (Lipinski definition) is 3. The van der Waals surface area contributed by atoms with Crippen molar-refractivity contribution in [2.24, 2.45) is 5.73 Å². The molecule has 3 N–H and O–H groups in total. The zero-order chi connectivity index (χ0) is 14.3. The fourth-order valence-electron chi connectivity index (χ4n) is 1.58. The Hall–Kier alpha value is -1.10. The van der Waals surface area contributed by atoms with Crippen molar-refractivity contribution in [2.75, 3.05) is 5.32 Å². The van der Waals surface area contributed by atoms with Crippen molar-refractivity contribution in [3.8, 4) is 0 Å². The van der Waals surface area contributed by atoms with Crippen LogP contribution in [-0.2, 0) is 16.1 Å². The summed E-state index contributed by atoms with van der Waals surface area (Å²) in [6.45, 7) is 6.46. The summed E-state index contributed by atoms with van der Waals surface area (Å²) in [5, 5.41) is 2.88. The van der Waals surface area contributed by atoms with Gasteiger partial charge in [0.05, 0.1) is 12.7 Å². The molecule has 5 heteroatoms. The van der Waals surface area contributed by atoms with Crippen molar-refractivity contribution in [3.05, 3.63) is 29.8 Å². The molecule has 1 aromatic rings. The van der Waals surface area contributed by atoms with Crippen LogP contribution in [0.15, 0.2) is 24.3 Å². The third-order valence-corrected chi connectivity index (χ3v) is 2.62. The topological polar surface area (TPSA) is 64.4 Å². The van der Waals surface area contributed by atoms with Gasteiger partial charge in [-0.25, -0.2) is 0 Å². The predicted molar refractivity (Wildman–Crippen MR) is 85.1 cm³/mol. The Balaban J connectivity index is 0.00000361. The van der Waals surface area contributed by atoms with Crippen LogP contribution in [0.25, 0.3) is 0 Å². The third-order valence-electron chi connectivity index (χ3n) is 2.62. The first-order valence-corrected chi connectivity index (χ1v) is 6.73. The minimum Gasteiger partial charge on any atom is -0.374 e. The fourth-order valence-corrected chi connectivity index (χ4v) is 1.58. The maximum Gasteiger partial charge on any atom is 0.224 e. The van der Waals surface area contributed by atoms with E-state index in [1.54, 1.807) is 0 Å². The number of anilines is 1. The molecule has 0 radical (unpaired) electrons. The first-order valence-electron chi connectivity index (χ1n) is 6.73. The molecular formula is C15H25ClN2O2. The van der Waals surface area contributed by atoms with E-state index in [0.29, 0.717) is 19.4 Å². The molecule has 1 unspecified atom stereocenters. The van der Waals surface area contributed by atoms with Crippen molar-refractivity contribution in [1.82, 2.24) is 0 Å². The van der Waals surface area contributed by atoms with Crippen molar-refractivity contribution in [1.29, 1.82) is 0 Å². The highest BCUT2D eigenvalue weighted by Gasteiger charge is 2.05. The Morgan fingerprint density at radius 2 is 2.05 bits per heavy atom. The molecule has 114 valence electrons. The summed E-state index contributed by atoms with van der Waals surface area (Å²) in [5.74, 6) is -0.000715. The number of ether oxygens (including phenoxy) is 1. The number of amides is 1. The molecule has 0 bridgehead atoms. The Morgan fingerprint density at radius 1 is 1.35 bits per heavy atom. The standard InChI is InChI=1S/C15H24N2O2.ClH/c1-11(2)19-10-13-5-4-6-14(9-13)17-15(18)8-7-12(3)16;/h4-6,9,11-12H,7-8,10,16H2,1-3H3,(H,17,18);1H. The van der Waals surface area contributed by atoms with E-state index in [1.807, 2.05) is 45.0 Å². The highest BCUT2D eigenvalue weighted by atomic mass is 35.5. The molecule has 1 rings (SSSR count). The van der Waals surface area contributed by atoms with Crippen LogP contribution in [0.5, 0.6) is 0 Å². The van der Waals surface area contributed by atoms with Crippen molar-refractivity contribution < 1.29 is 9.53 Å². The molecule has 0 aliphatic carbocycles. The molecule has 0 aromatic heterocycles. The van der Waals surface area contributed by atoms with Crippen LogP contribution in [0.3, 0.4) is 0 Å². The molecule has 0 heterocycles. The first-order chi connectivity index (χ1) is 8.97. The van der Waals surface area contributed by atoms with E-state index in [-0.39, 0.29) is 30.5 Å². The lowest BCUT2D eigenvalue weighted by Gasteiger charge is -2.10. The summed E-state index contributed by atoms with van der Waals surface area (Å²) in [6.07, 6.45) is 1.34. The number of halogens is 1. The zero-order valence-electron chi connectivity index (χ0n) is 12.4. The van der Waals surface area contributed by atoms with Crippen LogP contribution >= 0.6 is 12.4 Å². The minimum atomic E-state index is -0.000715. The van der Waals surface area contributed by atoms with Gasteiger partial charge in [-0.15, -0.1) is 12.4 Å². The van der Waals surface area contributed by atoms with E-state index < -0.39 is 0 Å². The molecule has 4 nitrogen and oxygen atoms in total. The van der Waals surface area contributed by atoms with Crippen molar-refractivity contribution >= 4 is 24.0 Å². The van der Waals surface area contributed by atoms with Gasteiger partial charge < -0.3 is 15.8 Å². The average molecular weight is 301 g/mol. The van der Waals surface area contributed by atoms with E-state index in [9.17, 15) is 4.79 Å². The molecular weight excluding hydrogens is 276 g/mol. The van der Waals surface area contributed by atoms with Gasteiger partial charge in [0.1, 0.15) is 0 Å². The first kappa shape index (κ1) is 18.9. The second-order valence-electron chi connectivity index (χ2n) is 5.12. The molecule has 1 atom stereocenters. The number of carbonyl (C=O) groups is 1. The van der Waals surface area contributed by atoms with Gasteiger partial charge in [-0.1, -0.05) is 12.1 Å². The van der Waals surface area contributed by atoms with Crippen LogP contribution in [-0.4, -0.2) is 18.1 Å². The Morgan fingerprint density at radius 3 is 2.65 bits per heavy atom. The number of hydrogen-bond donors (Lipinski definition) is 2. The maximum absolute atomic E-state index is 11.7. The van der Waals surface area contributed by atoms with E-state index in [1.165, 1.54) is 0 Å². The number of carbonyl (C=O) groups excluding carboxylic acids is 1. The Kier molecular flexibility index (Phi) is 9.21. The summed E-state index contributed by atoms with van der Waals surface area (Å²) in [5.41, 5.74) is 7.49. The van der Waals surface area contributed by atoms with Gasteiger partial charge in [0.2, 0.25) is 5.91 Å². The quantitative estimate of drug-likeness (QED) is 0.813. The van der Waals surface area contributed by atoms with Gasteiger partial charge >= 0.3 is 0 Å². The molecule has 0 aliphatic rings. The summed E-state index contributed by atoms with van der Waals surface area (Å²) in [7, 11) is 0. The van der Waals surface area contributed by atoms with Gasteiger partial charge in [0, 0.05) is 18.2 Å². The second-order valence-corrected chi connectivity index (χ2v) is 5.12. The summed E-state index contributed by atoms with van der Waals surface area (Å²) in [4.78, 5) is 11.7. The summed E-state index contributed by atoms with van der Waals surface area (Å²) in [6, 6.07) is 7.77. The van der Waals surface area contributed by atoms with Gasteiger partial charge in [-0.3, -0.25) is 4.79 Å². The number of nitrogens with one attached hydrogen (secondary N) is 1. The summed E-state index contributed by atoms with van der Waals surface area (Å²) < 4.78 is 5.54. The van der Waals surface area contributed by atoms with Crippen LogP contribution < -0.4 is 11.1 Å². The lowest BCUT2D eigenvalue weighted by Crippen LogP contribution is -2.19. The lowest BCUT2D eigenvalue weighted by atomic mass is 10.1. The van der Waals surface area contributed by atoms with Gasteiger partial charge in [0.25, 0.3) is 0 Å². The van der Waals surface area contributed by atoms with E-state index in [0.717, 1.165) is 11.3 Å². The second kappa shape index (κ2) is 9.75. The van der Waals surface area contributed by atoms with Gasteiger partial charge in [-0.2, -0.15) is 0 Å². The zero-order valence-corrected chi connectivity index (χ0v) is 13.2. The van der Waals surface area contributed by atoms with Crippen molar-refractivity contribution in [2.45, 2.75) is 52.4 Å². The van der Waals surface area contributed by atoms with Crippen LogP contribution in [0, 0.1) is 0 Å². The lowest BCUT2D eigenvalue weighted by molar-refractivity contribution is -0.116. The molecule has 1 aromatic carbocycles. The molecule has 0 saturated carbocycles. The highest BCUT2D eigenvalue weighted by Crippen LogP contribution is 2.13. The van der Waals surface area contributed by atoms with Crippen LogP contribution in [0.4, 0.5) is 5.69 Å². The monoisotopic (exact) mass is 300 g/mol. The SMILES string of the molecule is CC(N)CCC(=O)Nc1cccc(COC(C)C)c1.Cl. The normalized spacial score (nSPS) is 11.8. The average Bonchev–Trinajstić information content (AvgIpc) is 2.34. The van der Waals surface area contributed by atoms with E-state index in [4.69, 9.17) is 10.5 Å². The fraction of sp³-hybridized carbons (Fsp3) is 0.533. The Bertz CT molecular complexity index is 409. The van der Waals surface area contributed by atoms with Crippen LogP contribution in [0.2, 0.25) is 0 Å².